The molecule has 1 rings (SSSR count). The van der Waals surface area contributed by atoms with E-state index in [-0.39, 0.29) is 12.5 Å². The Balaban J connectivity index is 2.41. The zero-order valence-corrected chi connectivity index (χ0v) is 10.5. The Morgan fingerprint density at radius 3 is 2.44 bits per heavy atom. The van der Waals surface area contributed by atoms with Crippen molar-refractivity contribution in [3.63, 3.8) is 0 Å². The van der Waals surface area contributed by atoms with Crippen molar-refractivity contribution in [1.29, 1.82) is 0 Å². The van der Waals surface area contributed by atoms with E-state index in [1.807, 2.05) is 0 Å². The first-order valence-corrected chi connectivity index (χ1v) is 5.84. The van der Waals surface area contributed by atoms with E-state index in [0.717, 1.165) is 19.3 Å². The van der Waals surface area contributed by atoms with Crippen molar-refractivity contribution in [2.75, 3.05) is 6.54 Å². The summed E-state index contributed by atoms with van der Waals surface area (Å²) in [6, 6.07) is -0.346. The van der Waals surface area contributed by atoms with Crippen molar-refractivity contribution in [3.05, 3.63) is 11.1 Å². The summed E-state index contributed by atoms with van der Waals surface area (Å²) in [7, 11) is 0. The second-order valence-electron chi connectivity index (χ2n) is 4.03. The number of urea groups is 1. The molecule has 16 heavy (non-hydrogen) atoms. The summed E-state index contributed by atoms with van der Waals surface area (Å²) in [5.74, 6) is -0.884. The minimum absolute atomic E-state index is 0.0182. The number of carbonyl (C=O) groups excluding carboxylic acids is 1. The summed E-state index contributed by atoms with van der Waals surface area (Å²) in [5.41, 5.74) is -0.552. The highest BCUT2D eigenvalue weighted by atomic mass is 79.9. The maximum atomic E-state index is 11.5. The summed E-state index contributed by atoms with van der Waals surface area (Å²) < 4.78 is 0.670. The number of hydrogen-bond acceptors (Lipinski definition) is 2. The molecule has 1 aliphatic rings. The molecule has 3 N–H and O–H groups in total. The van der Waals surface area contributed by atoms with Gasteiger partial charge in [-0.05, 0) is 19.3 Å². The molecule has 0 saturated heterocycles. The topological polar surface area (TPSA) is 78.4 Å². The lowest BCUT2D eigenvalue weighted by atomic mass is 9.74. The monoisotopic (exact) mass is 290 g/mol. The molecule has 0 aromatic heterocycles. The van der Waals surface area contributed by atoms with E-state index in [4.69, 9.17) is 5.11 Å². The Morgan fingerprint density at radius 2 is 2.06 bits per heavy atom. The highest BCUT2D eigenvalue weighted by molar-refractivity contribution is 9.11. The highest BCUT2D eigenvalue weighted by Crippen LogP contribution is 2.34. The van der Waals surface area contributed by atoms with Crippen LogP contribution in [-0.2, 0) is 4.79 Å². The van der Waals surface area contributed by atoms with E-state index in [2.05, 4.69) is 33.1 Å². The Labute approximate surface area is 102 Å². The predicted molar refractivity (Wildman–Crippen MR) is 63.4 cm³/mol. The van der Waals surface area contributed by atoms with Gasteiger partial charge in [0.05, 0.1) is 18.5 Å². The van der Waals surface area contributed by atoms with Gasteiger partial charge in [-0.1, -0.05) is 22.5 Å². The van der Waals surface area contributed by atoms with Gasteiger partial charge in [0.1, 0.15) is 0 Å². The second kappa shape index (κ2) is 5.34. The van der Waals surface area contributed by atoms with Crippen LogP contribution in [0.4, 0.5) is 4.79 Å². The first-order valence-electron chi connectivity index (χ1n) is 5.05. The van der Waals surface area contributed by atoms with Gasteiger partial charge in [-0.25, -0.2) is 4.79 Å². The van der Waals surface area contributed by atoms with Gasteiger partial charge >= 0.3 is 12.0 Å². The van der Waals surface area contributed by atoms with Crippen LogP contribution in [0.3, 0.4) is 0 Å². The molecule has 1 saturated carbocycles. The minimum Gasteiger partial charge on any atom is -0.481 e. The first-order chi connectivity index (χ1) is 7.43. The first kappa shape index (κ1) is 13.0. The normalized spacial score (nSPS) is 17.1. The molecule has 90 valence electrons. The molecule has 5 nitrogen and oxygen atoms in total. The number of halogens is 1. The zero-order chi connectivity index (χ0) is 12.2. The van der Waals surface area contributed by atoms with Crippen molar-refractivity contribution >= 4 is 27.9 Å². The Bertz CT molecular complexity index is 313. The van der Waals surface area contributed by atoms with Crippen LogP contribution in [0.2, 0.25) is 0 Å². The highest BCUT2D eigenvalue weighted by Gasteiger charge is 2.40. The standard InChI is InChI=1S/C10H15BrN2O3/c1-7(11)6-12-9(16)13-10(3-2-4-10)5-8(14)15/h1-6H2,(H,14,15)(H2,12,13,16). The average molecular weight is 291 g/mol. The minimum atomic E-state index is -0.884. The molecule has 1 fully saturated rings. The number of carboxylic acids is 1. The van der Waals surface area contributed by atoms with Gasteiger partial charge in [0, 0.05) is 4.48 Å². The number of rotatable bonds is 5. The Hall–Kier alpha value is -1.04. The van der Waals surface area contributed by atoms with Gasteiger partial charge in [-0.15, -0.1) is 0 Å². The van der Waals surface area contributed by atoms with Crippen molar-refractivity contribution in [1.82, 2.24) is 10.6 Å². The van der Waals surface area contributed by atoms with E-state index in [1.165, 1.54) is 0 Å². The Morgan fingerprint density at radius 1 is 1.44 bits per heavy atom. The fourth-order valence-corrected chi connectivity index (χ4v) is 1.84. The summed E-state index contributed by atoms with van der Waals surface area (Å²) in [5, 5.41) is 14.1. The molecule has 0 aliphatic heterocycles. The van der Waals surface area contributed by atoms with Gasteiger partial charge in [-0.2, -0.15) is 0 Å². The van der Waals surface area contributed by atoms with E-state index in [9.17, 15) is 9.59 Å². The number of carboxylic acid groups (broad SMARTS) is 1. The molecule has 0 unspecified atom stereocenters. The summed E-state index contributed by atoms with van der Waals surface area (Å²) in [6.07, 6.45) is 2.39. The molecule has 0 bridgehead atoms. The van der Waals surface area contributed by atoms with Gasteiger partial charge in [-0.3, -0.25) is 4.79 Å². The quantitative estimate of drug-likeness (QED) is 0.719. The van der Waals surface area contributed by atoms with Crippen LogP contribution in [0.5, 0.6) is 0 Å². The fourth-order valence-electron chi connectivity index (χ4n) is 1.70. The number of hydrogen-bond donors (Lipinski definition) is 3. The number of nitrogens with one attached hydrogen (secondary N) is 2. The van der Waals surface area contributed by atoms with Crippen LogP contribution in [0.25, 0.3) is 0 Å². The van der Waals surface area contributed by atoms with E-state index in [0.29, 0.717) is 11.0 Å². The smallest absolute Gasteiger partial charge is 0.315 e. The van der Waals surface area contributed by atoms with Gasteiger partial charge in [0.2, 0.25) is 0 Å². The largest absolute Gasteiger partial charge is 0.481 e. The summed E-state index contributed by atoms with van der Waals surface area (Å²) in [4.78, 5) is 22.1. The predicted octanol–water partition coefficient (Wildman–Crippen LogP) is 1.59. The molecule has 0 radical (unpaired) electrons. The molecule has 2 amide bonds. The third-order valence-electron chi connectivity index (χ3n) is 2.62. The summed E-state index contributed by atoms with van der Waals surface area (Å²) >= 11 is 3.12. The Kier molecular flexibility index (Phi) is 4.35. The number of amides is 2. The maximum absolute atomic E-state index is 11.5. The van der Waals surface area contributed by atoms with Gasteiger partial charge in [0.15, 0.2) is 0 Å². The third kappa shape index (κ3) is 3.84. The second-order valence-corrected chi connectivity index (χ2v) is 5.15. The van der Waals surface area contributed by atoms with Crippen LogP contribution in [0, 0.1) is 0 Å². The fraction of sp³-hybridized carbons (Fsp3) is 0.600. The van der Waals surface area contributed by atoms with E-state index < -0.39 is 11.5 Å². The van der Waals surface area contributed by atoms with Crippen LogP contribution in [0.1, 0.15) is 25.7 Å². The number of carbonyl (C=O) groups is 2. The average Bonchev–Trinajstić information content (AvgIpc) is 2.10. The molecular weight excluding hydrogens is 276 g/mol. The van der Waals surface area contributed by atoms with E-state index >= 15 is 0 Å². The van der Waals surface area contributed by atoms with E-state index in [1.54, 1.807) is 0 Å². The lowest BCUT2D eigenvalue weighted by Gasteiger charge is -2.41. The van der Waals surface area contributed by atoms with Crippen LogP contribution >= 0.6 is 15.9 Å². The van der Waals surface area contributed by atoms with Crippen molar-refractivity contribution in [2.45, 2.75) is 31.2 Å². The molecule has 1 aliphatic carbocycles. The van der Waals surface area contributed by atoms with Gasteiger partial charge in [0.25, 0.3) is 0 Å². The molecule has 0 heterocycles. The SMILES string of the molecule is C=C(Br)CNC(=O)NC1(CC(=O)O)CCC1. The van der Waals surface area contributed by atoms with Crippen molar-refractivity contribution < 1.29 is 14.7 Å². The molecule has 0 aromatic rings. The zero-order valence-electron chi connectivity index (χ0n) is 8.88. The van der Waals surface area contributed by atoms with Crippen LogP contribution in [0.15, 0.2) is 11.1 Å². The number of aliphatic carboxylic acids is 1. The van der Waals surface area contributed by atoms with Crippen LogP contribution in [-0.4, -0.2) is 29.2 Å². The summed E-state index contributed by atoms with van der Waals surface area (Å²) in [6.45, 7) is 3.91. The maximum Gasteiger partial charge on any atom is 0.315 e. The molecule has 0 spiro atoms. The van der Waals surface area contributed by atoms with Crippen molar-refractivity contribution in [3.8, 4) is 0 Å². The van der Waals surface area contributed by atoms with Gasteiger partial charge < -0.3 is 15.7 Å². The lowest BCUT2D eigenvalue weighted by molar-refractivity contribution is -0.139. The van der Waals surface area contributed by atoms with Crippen molar-refractivity contribution in [2.24, 2.45) is 0 Å². The molecule has 0 aromatic carbocycles. The van der Waals surface area contributed by atoms with Crippen LogP contribution < -0.4 is 10.6 Å². The molecule has 0 atom stereocenters. The molecular formula is C10H15BrN2O3. The third-order valence-corrected chi connectivity index (χ3v) is 2.90. The lowest BCUT2D eigenvalue weighted by Crippen LogP contribution is -2.57. The molecule has 6 heteroatoms.